The SMILES string of the molecule is O=C(CCSc1ccccc1Cl)NCCNC(=O)c1ccco1. The third-order valence-electron chi connectivity index (χ3n) is 2.90. The van der Waals surface area contributed by atoms with E-state index in [1.165, 1.54) is 6.26 Å². The molecule has 23 heavy (non-hydrogen) atoms. The topological polar surface area (TPSA) is 71.3 Å². The summed E-state index contributed by atoms with van der Waals surface area (Å²) in [5.41, 5.74) is 0. The van der Waals surface area contributed by atoms with Gasteiger partial charge in [-0.15, -0.1) is 11.8 Å². The Bertz CT molecular complexity index is 647. The first-order valence-electron chi connectivity index (χ1n) is 7.12. The van der Waals surface area contributed by atoms with Gasteiger partial charge in [-0.25, -0.2) is 0 Å². The Morgan fingerprint density at radius 2 is 1.87 bits per heavy atom. The molecule has 0 fully saturated rings. The van der Waals surface area contributed by atoms with Crippen LogP contribution in [0.3, 0.4) is 0 Å². The van der Waals surface area contributed by atoms with Crippen molar-refractivity contribution in [2.75, 3.05) is 18.8 Å². The van der Waals surface area contributed by atoms with Crippen molar-refractivity contribution in [3.05, 3.63) is 53.4 Å². The van der Waals surface area contributed by atoms with Gasteiger partial charge in [0.1, 0.15) is 0 Å². The van der Waals surface area contributed by atoms with Crippen molar-refractivity contribution in [1.82, 2.24) is 10.6 Å². The fourth-order valence-corrected chi connectivity index (χ4v) is 2.96. The van der Waals surface area contributed by atoms with E-state index in [0.717, 1.165) is 4.90 Å². The summed E-state index contributed by atoms with van der Waals surface area (Å²) in [6.07, 6.45) is 1.83. The Hall–Kier alpha value is -1.92. The summed E-state index contributed by atoms with van der Waals surface area (Å²) in [5, 5.41) is 6.11. The second-order valence-electron chi connectivity index (χ2n) is 4.61. The minimum atomic E-state index is -0.293. The van der Waals surface area contributed by atoms with Crippen LogP contribution in [0.15, 0.2) is 52.0 Å². The van der Waals surface area contributed by atoms with Gasteiger partial charge in [-0.05, 0) is 24.3 Å². The zero-order valence-electron chi connectivity index (χ0n) is 12.4. The van der Waals surface area contributed by atoms with Gasteiger partial charge in [-0.2, -0.15) is 0 Å². The van der Waals surface area contributed by atoms with Gasteiger partial charge < -0.3 is 15.1 Å². The number of amides is 2. The second-order valence-corrected chi connectivity index (χ2v) is 6.16. The normalized spacial score (nSPS) is 10.3. The van der Waals surface area contributed by atoms with Gasteiger partial charge in [0.25, 0.3) is 5.91 Å². The number of rotatable bonds is 8. The molecule has 2 amide bonds. The van der Waals surface area contributed by atoms with Crippen molar-refractivity contribution in [2.45, 2.75) is 11.3 Å². The van der Waals surface area contributed by atoms with Crippen LogP contribution in [0.1, 0.15) is 17.0 Å². The highest BCUT2D eigenvalue weighted by molar-refractivity contribution is 7.99. The third kappa shape index (κ3) is 6.00. The molecule has 1 heterocycles. The van der Waals surface area contributed by atoms with Gasteiger partial charge in [-0.1, -0.05) is 23.7 Å². The van der Waals surface area contributed by atoms with E-state index in [1.54, 1.807) is 23.9 Å². The molecular formula is C16H17ClN2O3S. The Labute approximate surface area is 143 Å². The summed E-state index contributed by atoms with van der Waals surface area (Å²) in [7, 11) is 0. The monoisotopic (exact) mass is 352 g/mol. The molecule has 1 aromatic carbocycles. The van der Waals surface area contributed by atoms with Crippen LogP contribution in [-0.4, -0.2) is 30.7 Å². The largest absolute Gasteiger partial charge is 0.459 e. The summed E-state index contributed by atoms with van der Waals surface area (Å²) in [4.78, 5) is 24.2. The molecule has 0 aliphatic heterocycles. The molecule has 122 valence electrons. The summed E-state index contributed by atoms with van der Waals surface area (Å²) in [6.45, 7) is 0.727. The quantitative estimate of drug-likeness (QED) is 0.566. The molecule has 0 atom stereocenters. The highest BCUT2D eigenvalue weighted by Gasteiger charge is 2.07. The Balaban J connectivity index is 1.57. The van der Waals surface area contributed by atoms with Crippen molar-refractivity contribution >= 4 is 35.2 Å². The summed E-state index contributed by atoms with van der Waals surface area (Å²) >= 11 is 7.59. The van der Waals surface area contributed by atoms with Crippen molar-refractivity contribution in [3.8, 4) is 0 Å². The van der Waals surface area contributed by atoms with Crippen LogP contribution in [-0.2, 0) is 4.79 Å². The van der Waals surface area contributed by atoms with Gasteiger partial charge in [0.15, 0.2) is 5.76 Å². The number of carbonyl (C=O) groups is 2. The average Bonchev–Trinajstić information content (AvgIpc) is 3.08. The molecule has 5 nitrogen and oxygen atoms in total. The first-order valence-corrected chi connectivity index (χ1v) is 8.49. The molecule has 0 aliphatic rings. The lowest BCUT2D eigenvalue weighted by Gasteiger charge is -2.07. The van der Waals surface area contributed by atoms with Gasteiger partial charge in [0.05, 0.1) is 11.3 Å². The lowest BCUT2D eigenvalue weighted by molar-refractivity contribution is -0.120. The van der Waals surface area contributed by atoms with E-state index < -0.39 is 0 Å². The molecule has 0 saturated heterocycles. The lowest BCUT2D eigenvalue weighted by atomic mass is 10.4. The highest BCUT2D eigenvalue weighted by atomic mass is 35.5. The summed E-state index contributed by atoms with van der Waals surface area (Å²) in [5.74, 6) is 0.553. The fourth-order valence-electron chi connectivity index (χ4n) is 1.78. The van der Waals surface area contributed by atoms with E-state index in [4.69, 9.17) is 16.0 Å². The van der Waals surface area contributed by atoms with Crippen LogP contribution >= 0.6 is 23.4 Å². The molecule has 2 N–H and O–H groups in total. The standard InChI is InChI=1S/C16H17ClN2O3S/c17-12-4-1-2-6-14(12)23-11-7-15(20)18-8-9-19-16(21)13-5-3-10-22-13/h1-6,10H,7-9,11H2,(H,18,20)(H,19,21). The molecule has 2 rings (SSSR count). The minimum absolute atomic E-state index is 0.0585. The first kappa shape index (κ1) is 17.4. The van der Waals surface area contributed by atoms with Crippen molar-refractivity contribution < 1.29 is 14.0 Å². The second kappa shape index (κ2) is 9.27. The molecule has 7 heteroatoms. The van der Waals surface area contributed by atoms with E-state index in [0.29, 0.717) is 30.3 Å². The van der Waals surface area contributed by atoms with Crippen molar-refractivity contribution in [1.29, 1.82) is 0 Å². The van der Waals surface area contributed by atoms with E-state index in [-0.39, 0.29) is 17.6 Å². The fraction of sp³-hybridized carbons (Fsp3) is 0.250. The molecule has 1 aromatic heterocycles. The minimum Gasteiger partial charge on any atom is -0.459 e. The van der Waals surface area contributed by atoms with Crippen molar-refractivity contribution in [3.63, 3.8) is 0 Å². The Morgan fingerprint density at radius 1 is 1.09 bits per heavy atom. The van der Waals surface area contributed by atoms with Crippen LogP contribution in [0.5, 0.6) is 0 Å². The maximum absolute atomic E-state index is 11.7. The van der Waals surface area contributed by atoms with E-state index in [9.17, 15) is 9.59 Å². The third-order valence-corrected chi connectivity index (χ3v) is 4.42. The number of hydrogen-bond acceptors (Lipinski definition) is 4. The van der Waals surface area contributed by atoms with Gasteiger partial charge in [0.2, 0.25) is 5.91 Å². The van der Waals surface area contributed by atoms with Gasteiger partial charge in [-0.3, -0.25) is 9.59 Å². The number of nitrogens with one attached hydrogen (secondary N) is 2. The molecule has 0 saturated carbocycles. The Morgan fingerprint density at radius 3 is 2.61 bits per heavy atom. The zero-order chi connectivity index (χ0) is 16.5. The van der Waals surface area contributed by atoms with Gasteiger partial charge in [0, 0.05) is 30.2 Å². The number of halogens is 1. The molecule has 0 radical (unpaired) electrons. The van der Waals surface area contributed by atoms with E-state index >= 15 is 0 Å². The number of hydrogen-bond donors (Lipinski definition) is 2. The molecule has 0 aliphatic carbocycles. The average molecular weight is 353 g/mol. The predicted octanol–water partition coefficient (Wildman–Crippen LogP) is 2.96. The molecule has 0 bridgehead atoms. The first-order chi connectivity index (χ1) is 11.2. The Kier molecular flexibility index (Phi) is 7.03. The zero-order valence-corrected chi connectivity index (χ0v) is 14.0. The van der Waals surface area contributed by atoms with Crippen LogP contribution in [0.2, 0.25) is 5.02 Å². The highest BCUT2D eigenvalue weighted by Crippen LogP contribution is 2.26. The summed E-state index contributed by atoms with van der Waals surface area (Å²) in [6, 6.07) is 10.8. The molecule has 0 spiro atoms. The van der Waals surface area contributed by atoms with Gasteiger partial charge >= 0.3 is 0 Å². The molecule has 0 unspecified atom stereocenters. The van der Waals surface area contributed by atoms with Crippen LogP contribution < -0.4 is 10.6 Å². The number of thioether (sulfide) groups is 1. The van der Waals surface area contributed by atoms with Crippen LogP contribution in [0.4, 0.5) is 0 Å². The summed E-state index contributed by atoms with van der Waals surface area (Å²) < 4.78 is 4.97. The van der Waals surface area contributed by atoms with E-state index in [2.05, 4.69) is 10.6 Å². The maximum atomic E-state index is 11.7. The number of furan rings is 1. The number of carbonyl (C=O) groups excluding carboxylic acids is 2. The molecule has 2 aromatic rings. The number of benzene rings is 1. The van der Waals surface area contributed by atoms with Crippen LogP contribution in [0, 0.1) is 0 Å². The van der Waals surface area contributed by atoms with Crippen LogP contribution in [0.25, 0.3) is 0 Å². The molecular weight excluding hydrogens is 336 g/mol. The smallest absolute Gasteiger partial charge is 0.287 e. The van der Waals surface area contributed by atoms with Crippen molar-refractivity contribution in [2.24, 2.45) is 0 Å². The maximum Gasteiger partial charge on any atom is 0.287 e. The van der Waals surface area contributed by atoms with E-state index in [1.807, 2.05) is 24.3 Å². The lowest BCUT2D eigenvalue weighted by Crippen LogP contribution is -2.34. The predicted molar refractivity (Wildman–Crippen MR) is 90.8 cm³/mol.